The van der Waals surface area contributed by atoms with E-state index in [4.69, 9.17) is 0 Å². The van der Waals surface area contributed by atoms with Gasteiger partial charge in [-0.05, 0) is 13.8 Å². The molecule has 2 rings (SSSR count). The number of aryl methyl sites for hydroxylation is 2. The fraction of sp³-hybridized carbons (Fsp3) is 0.182. The standard InChI is InChI=1S/C11H11NS2/c1-7-3-5-9(6-4-7)10-12-8(2)11(13)14-10/h3-6,13H,1-2H3. The van der Waals surface area contributed by atoms with Gasteiger partial charge in [-0.15, -0.1) is 24.0 Å². The molecule has 0 aliphatic carbocycles. The lowest BCUT2D eigenvalue weighted by molar-refractivity contribution is 1.21. The van der Waals surface area contributed by atoms with Crippen LogP contribution in [0.5, 0.6) is 0 Å². The number of hydrogen-bond donors (Lipinski definition) is 1. The molecular weight excluding hydrogens is 210 g/mol. The molecule has 1 heterocycles. The van der Waals surface area contributed by atoms with E-state index >= 15 is 0 Å². The fourth-order valence-electron chi connectivity index (χ4n) is 1.21. The van der Waals surface area contributed by atoms with Crippen molar-refractivity contribution in [2.24, 2.45) is 0 Å². The summed E-state index contributed by atoms with van der Waals surface area (Å²) in [5.41, 5.74) is 3.45. The van der Waals surface area contributed by atoms with Crippen LogP contribution in [0.2, 0.25) is 0 Å². The highest BCUT2D eigenvalue weighted by Crippen LogP contribution is 2.29. The number of thiazole rings is 1. The van der Waals surface area contributed by atoms with Gasteiger partial charge in [0.1, 0.15) is 5.01 Å². The summed E-state index contributed by atoms with van der Waals surface area (Å²) in [5, 5.41) is 1.05. The Morgan fingerprint density at radius 1 is 1.14 bits per heavy atom. The van der Waals surface area contributed by atoms with Crippen molar-refractivity contribution in [2.45, 2.75) is 18.1 Å². The fourth-order valence-corrected chi connectivity index (χ4v) is 2.33. The maximum absolute atomic E-state index is 4.45. The minimum atomic E-state index is 1.00. The number of thiol groups is 1. The maximum atomic E-state index is 4.45. The first-order valence-corrected chi connectivity index (χ1v) is 5.66. The molecule has 1 aromatic heterocycles. The summed E-state index contributed by atoms with van der Waals surface area (Å²) in [6.45, 7) is 4.07. The van der Waals surface area contributed by atoms with Gasteiger partial charge in [0.2, 0.25) is 0 Å². The largest absolute Gasteiger partial charge is 0.240 e. The molecule has 0 bridgehead atoms. The highest BCUT2D eigenvalue weighted by Gasteiger charge is 2.05. The molecule has 3 heteroatoms. The van der Waals surface area contributed by atoms with Crippen molar-refractivity contribution in [2.75, 3.05) is 0 Å². The van der Waals surface area contributed by atoms with E-state index in [1.165, 1.54) is 11.1 Å². The Bertz CT molecular complexity index is 423. The van der Waals surface area contributed by atoms with E-state index in [1.807, 2.05) is 6.92 Å². The van der Waals surface area contributed by atoms with Crippen LogP contribution < -0.4 is 0 Å². The highest BCUT2D eigenvalue weighted by atomic mass is 32.2. The zero-order valence-corrected chi connectivity index (χ0v) is 9.82. The van der Waals surface area contributed by atoms with Crippen LogP contribution in [0.25, 0.3) is 10.6 Å². The molecule has 0 saturated heterocycles. The van der Waals surface area contributed by atoms with Crippen molar-refractivity contribution >= 4 is 24.0 Å². The van der Waals surface area contributed by atoms with Crippen LogP contribution in [0.3, 0.4) is 0 Å². The Kier molecular flexibility index (Phi) is 2.61. The molecule has 72 valence electrons. The number of rotatable bonds is 1. The number of aromatic nitrogens is 1. The van der Waals surface area contributed by atoms with Crippen LogP contribution in [0.1, 0.15) is 11.3 Å². The van der Waals surface area contributed by atoms with Gasteiger partial charge < -0.3 is 0 Å². The Morgan fingerprint density at radius 2 is 1.79 bits per heavy atom. The van der Waals surface area contributed by atoms with E-state index in [0.29, 0.717) is 0 Å². The molecule has 2 aromatic rings. The molecule has 0 spiro atoms. The molecule has 0 amide bonds. The van der Waals surface area contributed by atoms with Crippen molar-refractivity contribution < 1.29 is 0 Å². The third-order valence-electron chi connectivity index (χ3n) is 2.07. The SMILES string of the molecule is Cc1ccc(-c2nc(C)c(S)s2)cc1. The Morgan fingerprint density at radius 3 is 2.29 bits per heavy atom. The van der Waals surface area contributed by atoms with Crippen LogP contribution in [-0.2, 0) is 0 Å². The molecule has 0 fully saturated rings. The summed E-state index contributed by atoms with van der Waals surface area (Å²) in [7, 11) is 0. The number of hydrogen-bond acceptors (Lipinski definition) is 3. The number of nitrogens with zero attached hydrogens (tertiary/aromatic N) is 1. The summed E-state index contributed by atoms with van der Waals surface area (Å²) in [4.78, 5) is 4.45. The summed E-state index contributed by atoms with van der Waals surface area (Å²) < 4.78 is 1.00. The van der Waals surface area contributed by atoms with E-state index in [-0.39, 0.29) is 0 Å². The molecular formula is C11H11NS2. The first-order valence-electron chi connectivity index (χ1n) is 4.40. The van der Waals surface area contributed by atoms with Crippen molar-refractivity contribution in [3.63, 3.8) is 0 Å². The second-order valence-corrected chi connectivity index (χ2v) is 5.02. The minimum absolute atomic E-state index is 1.00. The van der Waals surface area contributed by atoms with Gasteiger partial charge in [0, 0.05) is 5.56 Å². The van der Waals surface area contributed by atoms with Crippen LogP contribution in [0.4, 0.5) is 0 Å². The van der Waals surface area contributed by atoms with E-state index in [0.717, 1.165) is 14.9 Å². The van der Waals surface area contributed by atoms with Gasteiger partial charge in [-0.25, -0.2) is 4.98 Å². The van der Waals surface area contributed by atoms with Crippen LogP contribution in [-0.4, -0.2) is 4.98 Å². The molecule has 0 aliphatic heterocycles. The third kappa shape index (κ3) is 1.83. The predicted molar refractivity (Wildman–Crippen MR) is 64.3 cm³/mol. The van der Waals surface area contributed by atoms with E-state index in [1.54, 1.807) is 11.3 Å². The molecule has 0 N–H and O–H groups in total. The first-order chi connectivity index (χ1) is 6.66. The Hall–Kier alpha value is -0.800. The normalized spacial score (nSPS) is 10.5. The predicted octanol–water partition coefficient (Wildman–Crippen LogP) is 3.72. The van der Waals surface area contributed by atoms with E-state index < -0.39 is 0 Å². The second-order valence-electron chi connectivity index (χ2n) is 3.28. The maximum Gasteiger partial charge on any atom is 0.124 e. The molecule has 0 atom stereocenters. The number of benzene rings is 1. The second kappa shape index (κ2) is 3.75. The van der Waals surface area contributed by atoms with Crippen molar-refractivity contribution in [3.05, 3.63) is 35.5 Å². The summed E-state index contributed by atoms with van der Waals surface area (Å²) in [5.74, 6) is 0. The monoisotopic (exact) mass is 221 g/mol. The molecule has 0 radical (unpaired) electrons. The summed E-state index contributed by atoms with van der Waals surface area (Å²) in [6.07, 6.45) is 0. The lowest BCUT2D eigenvalue weighted by atomic mass is 10.2. The van der Waals surface area contributed by atoms with E-state index in [2.05, 4.69) is 48.8 Å². The smallest absolute Gasteiger partial charge is 0.124 e. The molecule has 14 heavy (non-hydrogen) atoms. The summed E-state index contributed by atoms with van der Waals surface area (Å²) in [6, 6.07) is 8.40. The minimum Gasteiger partial charge on any atom is -0.240 e. The van der Waals surface area contributed by atoms with Crippen molar-refractivity contribution in [1.82, 2.24) is 4.98 Å². The van der Waals surface area contributed by atoms with Crippen LogP contribution in [0.15, 0.2) is 28.5 Å². The Labute approximate surface area is 93.2 Å². The molecule has 1 aromatic carbocycles. The van der Waals surface area contributed by atoms with Gasteiger partial charge in [0.15, 0.2) is 0 Å². The van der Waals surface area contributed by atoms with E-state index in [9.17, 15) is 0 Å². The summed E-state index contributed by atoms with van der Waals surface area (Å²) >= 11 is 5.97. The molecule has 0 unspecified atom stereocenters. The first kappa shape index (κ1) is 9.74. The highest BCUT2D eigenvalue weighted by molar-refractivity contribution is 7.83. The topological polar surface area (TPSA) is 12.9 Å². The lowest BCUT2D eigenvalue weighted by Crippen LogP contribution is -1.77. The average molecular weight is 221 g/mol. The van der Waals surface area contributed by atoms with Crippen LogP contribution >= 0.6 is 24.0 Å². The van der Waals surface area contributed by atoms with Crippen LogP contribution in [0, 0.1) is 13.8 Å². The third-order valence-corrected chi connectivity index (χ3v) is 3.68. The van der Waals surface area contributed by atoms with Crippen molar-refractivity contribution in [1.29, 1.82) is 0 Å². The van der Waals surface area contributed by atoms with Crippen molar-refractivity contribution in [3.8, 4) is 10.6 Å². The van der Waals surface area contributed by atoms with Gasteiger partial charge in [0.25, 0.3) is 0 Å². The molecule has 1 nitrogen and oxygen atoms in total. The molecule has 0 aliphatic rings. The lowest BCUT2D eigenvalue weighted by Gasteiger charge is -1.95. The van der Waals surface area contributed by atoms with Gasteiger partial charge in [-0.2, -0.15) is 0 Å². The quantitative estimate of drug-likeness (QED) is 0.724. The zero-order valence-electron chi connectivity index (χ0n) is 8.11. The van der Waals surface area contributed by atoms with Gasteiger partial charge in [0.05, 0.1) is 9.90 Å². The van der Waals surface area contributed by atoms with Gasteiger partial charge >= 0.3 is 0 Å². The zero-order chi connectivity index (χ0) is 10.1. The Balaban J connectivity index is 2.44. The van der Waals surface area contributed by atoms with Gasteiger partial charge in [-0.1, -0.05) is 29.8 Å². The average Bonchev–Trinajstić information content (AvgIpc) is 2.48. The molecule has 0 saturated carbocycles. The van der Waals surface area contributed by atoms with Gasteiger partial charge in [-0.3, -0.25) is 0 Å².